The summed E-state index contributed by atoms with van der Waals surface area (Å²) in [5.41, 5.74) is -1.29. The zero-order valence-electron chi connectivity index (χ0n) is 26.4. The minimum atomic E-state index is -4.73. The summed E-state index contributed by atoms with van der Waals surface area (Å²) in [5, 5.41) is 23.1. The van der Waals surface area contributed by atoms with Gasteiger partial charge in [-0.15, -0.1) is 15.3 Å². The molecule has 2 aromatic heterocycles. The minimum absolute atomic E-state index is 0.0128. The summed E-state index contributed by atoms with van der Waals surface area (Å²) in [5.74, 6) is -1.93. The largest absolute Gasteiger partial charge is 0.494 e. The monoisotopic (exact) mass is 635 g/mol. The molecule has 0 spiro atoms. The first kappa shape index (κ1) is 33.9. The number of alkyl halides is 3. The molecule has 1 saturated carbocycles. The number of hydrogen-bond donors (Lipinski definition) is 2. The number of unbranched alkanes of at least 4 members (excludes halogenated alkanes) is 1. The summed E-state index contributed by atoms with van der Waals surface area (Å²) >= 11 is 0. The first-order valence-electron chi connectivity index (χ1n) is 14.7. The standard InChI is InChI=1S/C31H40F3N5O6/c1-28(2,3)22(24(41)42)44-17-9-8-16-43-19-12-10-18(11-13-19)23(40)35-25-29(4,5)26(30(25,6)7)45-21-15-14-20-36-37-27(31(32,33)34)39(20)38-21/h10-15,22,25-26H,8-9,16-17H2,1-7H3,(H,35,40)(H,41,42). The maximum absolute atomic E-state index is 13.3. The molecule has 11 nitrogen and oxygen atoms in total. The van der Waals surface area contributed by atoms with Crippen molar-refractivity contribution in [2.45, 2.75) is 85.7 Å². The molecular weight excluding hydrogens is 595 g/mol. The summed E-state index contributed by atoms with van der Waals surface area (Å²) in [6.45, 7) is 13.8. The van der Waals surface area contributed by atoms with E-state index in [1.807, 2.05) is 48.5 Å². The highest BCUT2D eigenvalue weighted by Gasteiger charge is 2.64. The van der Waals surface area contributed by atoms with Crippen LogP contribution in [0.15, 0.2) is 36.4 Å². The molecule has 1 amide bonds. The lowest BCUT2D eigenvalue weighted by Gasteiger charge is -2.62. The van der Waals surface area contributed by atoms with Gasteiger partial charge in [-0.25, -0.2) is 4.79 Å². The molecule has 0 saturated heterocycles. The maximum Gasteiger partial charge on any atom is 0.453 e. The minimum Gasteiger partial charge on any atom is -0.494 e. The normalized spacial score (nSPS) is 19.9. The molecule has 0 aliphatic heterocycles. The molecule has 1 unspecified atom stereocenters. The van der Waals surface area contributed by atoms with Crippen LogP contribution in [0.4, 0.5) is 13.2 Å². The van der Waals surface area contributed by atoms with Crippen LogP contribution in [0.5, 0.6) is 11.6 Å². The summed E-state index contributed by atoms with van der Waals surface area (Å²) in [6, 6.07) is 9.22. The van der Waals surface area contributed by atoms with Gasteiger partial charge in [-0.3, -0.25) is 4.79 Å². The Morgan fingerprint density at radius 3 is 2.18 bits per heavy atom. The molecule has 3 aromatic rings. The van der Waals surface area contributed by atoms with Gasteiger partial charge < -0.3 is 24.6 Å². The van der Waals surface area contributed by atoms with Gasteiger partial charge in [0.2, 0.25) is 5.88 Å². The molecule has 2 heterocycles. The number of aliphatic carboxylic acids is 1. The van der Waals surface area contributed by atoms with Crippen LogP contribution in [0, 0.1) is 16.2 Å². The first-order valence-corrected chi connectivity index (χ1v) is 14.7. The Kier molecular flexibility index (Phi) is 9.39. The highest BCUT2D eigenvalue weighted by atomic mass is 19.4. The van der Waals surface area contributed by atoms with E-state index in [1.165, 1.54) is 12.1 Å². The van der Waals surface area contributed by atoms with Gasteiger partial charge in [-0.05, 0) is 48.6 Å². The third-order valence-corrected chi connectivity index (χ3v) is 8.06. The average Bonchev–Trinajstić information content (AvgIpc) is 3.37. The van der Waals surface area contributed by atoms with Crippen molar-refractivity contribution in [2.75, 3.05) is 13.2 Å². The van der Waals surface area contributed by atoms with E-state index in [0.29, 0.717) is 41.9 Å². The number of carboxylic acids is 1. The number of amides is 1. The zero-order valence-corrected chi connectivity index (χ0v) is 26.4. The van der Waals surface area contributed by atoms with Gasteiger partial charge in [0.15, 0.2) is 11.8 Å². The van der Waals surface area contributed by atoms with Crippen LogP contribution in [0.2, 0.25) is 0 Å². The summed E-state index contributed by atoms with van der Waals surface area (Å²) in [7, 11) is 0. The van der Waals surface area contributed by atoms with Crippen molar-refractivity contribution in [2.24, 2.45) is 16.2 Å². The Balaban J connectivity index is 1.29. The van der Waals surface area contributed by atoms with Crippen LogP contribution in [0.3, 0.4) is 0 Å². The molecule has 1 aliphatic rings. The van der Waals surface area contributed by atoms with Gasteiger partial charge in [-0.2, -0.15) is 17.7 Å². The van der Waals surface area contributed by atoms with Crippen molar-refractivity contribution in [3.05, 3.63) is 47.8 Å². The zero-order chi connectivity index (χ0) is 33.4. The molecule has 1 aromatic carbocycles. The second kappa shape index (κ2) is 12.5. The molecule has 1 aliphatic carbocycles. The lowest BCUT2D eigenvalue weighted by Crippen LogP contribution is -2.74. The van der Waals surface area contributed by atoms with E-state index in [0.717, 1.165) is 0 Å². The molecule has 4 rings (SSSR count). The molecule has 246 valence electrons. The second-order valence-corrected chi connectivity index (χ2v) is 13.5. The van der Waals surface area contributed by atoms with E-state index in [1.54, 1.807) is 24.3 Å². The average molecular weight is 636 g/mol. The number of halogens is 3. The van der Waals surface area contributed by atoms with E-state index >= 15 is 0 Å². The van der Waals surface area contributed by atoms with Gasteiger partial charge in [0, 0.05) is 35.1 Å². The van der Waals surface area contributed by atoms with Gasteiger partial charge >= 0.3 is 12.1 Å². The van der Waals surface area contributed by atoms with Crippen molar-refractivity contribution < 1.29 is 42.1 Å². The van der Waals surface area contributed by atoms with Crippen LogP contribution < -0.4 is 14.8 Å². The number of carbonyl (C=O) groups is 2. The van der Waals surface area contributed by atoms with Crippen LogP contribution in [0.25, 0.3) is 5.65 Å². The predicted octanol–water partition coefficient (Wildman–Crippen LogP) is 5.43. The number of carboxylic acid groups (broad SMARTS) is 1. The molecule has 2 N–H and O–H groups in total. The van der Waals surface area contributed by atoms with Crippen LogP contribution >= 0.6 is 0 Å². The van der Waals surface area contributed by atoms with Crippen LogP contribution in [-0.4, -0.2) is 68.3 Å². The van der Waals surface area contributed by atoms with E-state index in [-0.39, 0.29) is 23.5 Å². The van der Waals surface area contributed by atoms with Crippen LogP contribution in [-0.2, 0) is 15.7 Å². The number of rotatable bonds is 12. The third kappa shape index (κ3) is 7.32. The number of carbonyl (C=O) groups excluding carboxylic acids is 1. The Bertz CT molecular complexity index is 1500. The predicted molar refractivity (Wildman–Crippen MR) is 157 cm³/mol. The lowest BCUT2D eigenvalue weighted by atomic mass is 9.49. The fraction of sp³-hybridized carbons (Fsp3) is 0.581. The SMILES string of the molecule is CC(C)(C)C(OCCCCOc1ccc(C(=O)NC2C(C)(C)C(Oc3ccc4nnc(C(F)(F)F)n4n3)C2(C)C)cc1)C(=O)O. The Hall–Kier alpha value is -3.94. The number of ether oxygens (including phenoxy) is 3. The Morgan fingerprint density at radius 2 is 1.60 bits per heavy atom. The van der Waals surface area contributed by atoms with E-state index in [4.69, 9.17) is 14.2 Å². The van der Waals surface area contributed by atoms with Gasteiger partial charge in [0.1, 0.15) is 11.9 Å². The van der Waals surface area contributed by atoms with Gasteiger partial charge in [0.05, 0.1) is 6.61 Å². The summed E-state index contributed by atoms with van der Waals surface area (Å²) in [4.78, 5) is 24.6. The third-order valence-electron chi connectivity index (χ3n) is 8.06. The van der Waals surface area contributed by atoms with Crippen molar-refractivity contribution >= 4 is 17.5 Å². The van der Waals surface area contributed by atoms with E-state index < -0.39 is 46.4 Å². The van der Waals surface area contributed by atoms with Gasteiger partial charge in [0.25, 0.3) is 11.7 Å². The highest BCUT2D eigenvalue weighted by Crippen LogP contribution is 2.55. The Labute approximate surface area is 259 Å². The molecule has 0 radical (unpaired) electrons. The van der Waals surface area contributed by atoms with E-state index in [9.17, 15) is 27.9 Å². The smallest absolute Gasteiger partial charge is 0.453 e. The number of nitrogens with zero attached hydrogens (tertiary/aromatic N) is 4. The van der Waals surface area contributed by atoms with Crippen molar-refractivity contribution in [3.8, 4) is 11.6 Å². The first-order chi connectivity index (χ1) is 20.8. The molecule has 14 heteroatoms. The fourth-order valence-electron chi connectivity index (χ4n) is 6.14. The molecule has 0 bridgehead atoms. The number of aromatic nitrogens is 4. The number of nitrogens with one attached hydrogen (secondary N) is 1. The fourth-order valence-corrected chi connectivity index (χ4v) is 6.14. The van der Waals surface area contributed by atoms with Crippen molar-refractivity contribution in [1.29, 1.82) is 0 Å². The quantitative estimate of drug-likeness (QED) is 0.250. The highest BCUT2D eigenvalue weighted by molar-refractivity contribution is 5.94. The maximum atomic E-state index is 13.3. The number of hydrogen-bond acceptors (Lipinski definition) is 8. The number of fused-ring (bicyclic) bond motifs is 1. The summed E-state index contributed by atoms with van der Waals surface area (Å²) in [6.07, 6.45) is -4.78. The second-order valence-electron chi connectivity index (χ2n) is 13.5. The molecule has 1 atom stereocenters. The summed E-state index contributed by atoms with van der Waals surface area (Å²) < 4.78 is 57.9. The molecule has 1 fully saturated rings. The van der Waals surface area contributed by atoms with Crippen molar-refractivity contribution in [3.63, 3.8) is 0 Å². The topological polar surface area (TPSA) is 137 Å². The molecule has 45 heavy (non-hydrogen) atoms. The van der Waals surface area contributed by atoms with Crippen molar-refractivity contribution in [1.82, 2.24) is 25.1 Å². The van der Waals surface area contributed by atoms with Gasteiger partial charge in [-0.1, -0.05) is 48.5 Å². The number of benzene rings is 1. The lowest BCUT2D eigenvalue weighted by molar-refractivity contribution is -0.166. The van der Waals surface area contributed by atoms with E-state index in [2.05, 4.69) is 20.6 Å². The Morgan fingerprint density at radius 1 is 0.978 bits per heavy atom. The van der Waals surface area contributed by atoms with Crippen LogP contribution in [0.1, 0.15) is 77.5 Å². The molecular formula is C31H40F3N5O6.